The van der Waals surface area contributed by atoms with Gasteiger partial charge in [0, 0.05) is 11.7 Å². The van der Waals surface area contributed by atoms with E-state index in [0.717, 1.165) is 24.1 Å². The van der Waals surface area contributed by atoms with Crippen LogP contribution in [-0.4, -0.2) is 10.9 Å². The smallest absolute Gasteiger partial charge is 0.261 e. The Hall–Kier alpha value is -1.38. The Balaban J connectivity index is 2.70. The highest BCUT2D eigenvalue weighted by atomic mass is 16.1. The number of aromatic nitrogens is 1. The third kappa shape index (κ3) is 1.29. The Bertz CT molecular complexity index is 441. The van der Waals surface area contributed by atoms with E-state index >= 15 is 0 Å². The van der Waals surface area contributed by atoms with Crippen molar-refractivity contribution in [2.45, 2.75) is 32.7 Å². The van der Waals surface area contributed by atoms with Gasteiger partial charge in [-0.3, -0.25) is 9.59 Å². The van der Waals surface area contributed by atoms with E-state index in [1.54, 1.807) is 11.5 Å². The number of hydrogen-bond donors (Lipinski definition) is 0. The van der Waals surface area contributed by atoms with Crippen LogP contribution in [0.4, 0.5) is 0 Å². The zero-order valence-corrected chi connectivity index (χ0v) is 8.41. The van der Waals surface area contributed by atoms with Crippen LogP contribution in [0.3, 0.4) is 0 Å². The second-order valence-electron chi connectivity index (χ2n) is 3.91. The molecule has 14 heavy (non-hydrogen) atoms. The number of pyridine rings is 1. The minimum atomic E-state index is -0.125. The fourth-order valence-corrected chi connectivity index (χ4v) is 1.85. The largest absolute Gasteiger partial charge is 0.309 e. The Morgan fingerprint density at radius 3 is 2.57 bits per heavy atom. The normalized spacial score (nSPS) is 15.6. The number of nitrogens with zero attached hydrogens (tertiary/aromatic N) is 1. The molecule has 1 aromatic rings. The molecular weight excluding hydrogens is 178 g/mol. The lowest BCUT2D eigenvalue weighted by molar-refractivity contribution is 0.112. The lowest BCUT2D eigenvalue weighted by Crippen LogP contribution is -2.25. The van der Waals surface area contributed by atoms with Crippen molar-refractivity contribution < 1.29 is 4.79 Å². The maximum atomic E-state index is 11.9. The predicted octanol–water partition coefficient (Wildman–Crippen LogP) is 1.61. The molecule has 0 bridgehead atoms. The molecule has 1 aromatic heterocycles. The fourth-order valence-electron chi connectivity index (χ4n) is 1.85. The molecule has 3 nitrogen and oxygen atoms in total. The van der Waals surface area contributed by atoms with Gasteiger partial charge in [-0.2, -0.15) is 0 Å². The SMILES string of the molecule is Cc1cc(C)n(C2CC2)c(=O)c1C=O. The van der Waals surface area contributed by atoms with E-state index in [1.165, 1.54) is 0 Å². The first-order valence-corrected chi connectivity index (χ1v) is 4.83. The summed E-state index contributed by atoms with van der Waals surface area (Å²) in [5.41, 5.74) is 1.92. The molecule has 74 valence electrons. The summed E-state index contributed by atoms with van der Waals surface area (Å²) in [6.45, 7) is 3.72. The van der Waals surface area contributed by atoms with Crippen LogP contribution >= 0.6 is 0 Å². The maximum absolute atomic E-state index is 11.9. The zero-order chi connectivity index (χ0) is 10.3. The van der Waals surface area contributed by atoms with Gasteiger partial charge in [0.05, 0.1) is 5.56 Å². The highest BCUT2D eigenvalue weighted by Gasteiger charge is 2.26. The zero-order valence-electron chi connectivity index (χ0n) is 8.41. The Morgan fingerprint density at radius 1 is 1.43 bits per heavy atom. The fraction of sp³-hybridized carbons (Fsp3) is 0.455. The number of rotatable bonds is 2. The van der Waals surface area contributed by atoms with Crippen molar-refractivity contribution in [2.75, 3.05) is 0 Å². The molecule has 0 unspecified atom stereocenters. The van der Waals surface area contributed by atoms with E-state index < -0.39 is 0 Å². The number of hydrogen-bond acceptors (Lipinski definition) is 2. The van der Waals surface area contributed by atoms with Gasteiger partial charge in [0.2, 0.25) is 0 Å². The lowest BCUT2D eigenvalue weighted by atomic mass is 10.1. The van der Waals surface area contributed by atoms with Crippen molar-refractivity contribution in [1.29, 1.82) is 0 Å². The molecule has 0 aromatic carbocycles. The van der Waals surface area contributed by atoms with Crippen molar-refractivity contribution in [3.63, 3.8) is 0 Å². The van der Waals surface area contributed by atoms with E-state index in [-0.39, 0.29) is 5.56 Å². The summed E-state index contributed by atoms with van der Waals surface area (Å²) in [6, 6.07) is 2.24. The van der Waals surface area contributed by atoms with Crippen LogP contribution in [0.25, 0.3) is 0 Å². The molecule has 0 aliphatic heterocycles. The molecule has 1 aliphatic carbocycles. The van der Waals surface area contributed by atoms with Crippen molar-refractivity contribution in [1.82, 2.24) is 4.57 Å². The predicted molar refractivity (Wildman–Crippen MR) is 53.8 cm³/mol. The molecule has 0 N–H and O–H groups in total. The second kappa shape index (κ2) is 3.08. The summed E-state index contributed by atoms with van der Waals surface area (Å²) in [5, 5.41) is 0. The average molecular weight is 191 g/mol. The van der Waals surface area contributed by atoms with Crippen LogP contribution in [0, 0.1) is 13.8 Å². The number of carbonyl (C=O) groups is 1. The summed E-state index contributed by atoms with van der Waals surface area (Å²) >= 11 is 0. The summed E-state index contributed by atoms with van der Waals surface area (Å²) in [5.74, 6) is 0. The Morgan fingerprint density at radius 2 is 2.07 bits per heavy atom. The van der Waals surface area contributed by atoms with Gasteiger partial charge in [0.15, 0.2) is 6.29 Å². The van der Waals surface area contributed by atoms with E-state index in [9.17, 15) is 9.59 Å². The molecule has 0 saturated heterocycles. The van der Waals surface area contributed by atoms with E-state index in [0.29, 0.717) is 17.9 Å². The molecule has 0 atom stereocenters. The van der Waals surface area contributed by atoms with Crippen LogP contribution in [0.1, 0.15) is 40.5 Å². The molecule has 3 heteroatoms. The first kappa shape index (κ1) is 9.19. The van der Waals surface area contributed by atoms with Crippen LogP contribution in [0.15, 0.2) is 10.9 Å². The summed E-state index contributed by atoms with van der Waals surface area (Å²) in [4.78, 5) is 22.6. The van der Waals surface area contributed by atoms with Crippen molar-refractivity contribution >= 4 is 6.29 Å². The van der Waals surface area contributed by atoms with Gasteiger partial charge < -0.3 is 4.57 Å². The van der Waals surface area contributed by atoms with Crippen molar-refractivity contribution in [3.05, 3.63) is 33.2 Å². The van der Waals surface area contributed by atoms with Crippen molar-refractivity contribution in [2.24, 2.45) is 0 Å². The molecule has 0 amide bonds. The van der Waals surface area contributed by atoms with Crippen LogP contribution in [0.2, 0.25) is 0 Å². The molecule has 1 aliphatic rings. The minimum Gasteiger partial charge on any atom is -0.309 e. The minimum absolute atomic E-state index is 0.125. The molecule has 0 radical (unpaired) electrons. The molecule has 0 spiro atoms. The molecule has 2 rings (SSSR count). The molecular formula is C11H13NO2. The van der Waals surface area contributed by atoms with E-state index in [4.69, 9.17) is 0 Å². The average Bonchev–Trinajstić information content (AvgIpc) is 2.88. The quantitative estimate of drug-likeness (QED) is 0.666. The van der Waals surface area contributed by atoms with Crippen LogP contribution in [0.5, 0.6) is 0 Å². The first-order valence-electron chi connectivity index (χ1n) is 4.83. The van der Waals surface area contributed by atoms with E-state index in [2.05, 4.69) is 0 Å². The standard InChI is InChI=1S/C11H13NO2/c1-7-5-8(2)12(9-3-4-9)11(14)10(7)6-13/h5-6,9H,3-4H2,1-2H3. The van der Waals surface area contributed by atoms with Crippen LogP contribution < -0.4 is 5.56 Å². The molecule has 1 heterocycles. The molecule has 1 fully saturated rings. The first-order chi connectivity index (χ1) is 6.65. The Kier molecular flexibility index (Phi) is 2.02. The summed E-state index contributed by atoms with van der Waals surface area (Å²) in [7, 11) is 0. The summed E-state index contributed by atoms with van der Waals surface area (Å²) in [6.07, 6.45) is 2.78. The highest BCUT2D eigenvalue weighted by Crippen LogP contribution is 2.34. The van der Waals surface area contributed by atoms with Gasteiger partial charge in [-0.15, -0.1) is 0 Å². The van der Waals surface area contributed by atoms with Gasteiger partial charge >= 0.3 is 0 Å². The van der Waals surface area contributed by atoms with Crippen molar-refractivity contribution in [3.8, 4) is 0 Å². The number of aryl methyl sites for hydroxylation is 2. The van der Waals surface area contributed by atoms with E-state index in [1.807, 2.05) is 13.0 Å². The summed E-state index contributed by atoms with van der Waals surface area (Å²) < 4.78 is 1.75. The molecule has 1 saturated carbocycles. The van der Waals surface area contributed by atoms with Gasteiger partial charge in [-0.05, 0) is 38.3 Å². The Labute approximate surface area is 82.4 Å². The number of carbonyl (C=O) groups excluding carboxylic acids is 1. The highest BCUT2D eigenvalue weighted by molar-refractivity contribution is 5.76. The second-order valence-corrected chi connectivity index (χ2v) is 3.91. The number of aldehydes is 1. The third-order valence-electron chi connectivity index (χ3n) is 2.71. The lowest BCUT2D eigenvalue weighted by Gasteiger charge is -2.10. The van der Waals surface area contributed by atoms with Crippen LogP contribution in [-0.2, 0) is 0 Å². The topological polar surface area (TPSA) is 39.1 Å². The van der Waals surface area contributed by atoms with Gasteiger partial charge in [0.1, 0.15) is 0 Å². The van der Waals surface area contributed by atoms with Gasteiger partial charge in [-0.1, -0.05) is 0 Å². The third-order valence-corrected chi connectivity index (χ3v) is 2.71. The maximum Gasteiger partial charge on any atom is 0.261 e. The monoisotopic (exact) mass is 191 g/mol. The van der Waals surface area contributed by atoms with Gasteiger partial charge in [-0.25, -0.2) is 0 Å². The van der Waals surface area contributed by atoms with Gasteiger partial charge in [0.25, 0.3) is 5.56 Å².